The Balaban J connectivity index is 1.38. The van der Waals surface area contributed by atoms with Crippen LogP contribution in [-0.2, 0) is 44.0 Å². The highest BCUT2D eigenvalue weighted by molar-refractivity contribution is 7.86. The summed E-state index contributed by atoms with van der Waals surface area (Å²) in [5.74, 6) is -5.95. The van der Waals surface area contributed by atoms with Crippen LogP contribution < -0.4 is 0 Å². The van der Waals surface area contributed by atoms with Gasteiger partial charge in [-0.3, -0.25) is 9.47 Å². The number of ether oxygens (including phenoxy) is 5. The van der Waals surface area contributed by atoms with E-state index in [1.165, 1.54) is 30.4 Å². The summed E-state index contributed by atoms with van der Waals surface area (Å²) >= 11 is 0. The lowest BCUT2D eigenvalue weighted by Gasteiger charge is -2.30. The summed E-state index contributed by atoms with van der Waals surface area (Å²) in [6.07, 6.45) is 4.10. The van der Waals surface area contributed by atoms with Crippen molar-refractivity contribution in [3.63, 3.8) is 0 Å². The van der Waals surface area contributed by atoms with E-state index in [0.29, 0.717) is 5.56 Å². The molecular weight excluding hydrogens is 440 g/mol. The van der Waals surface area contributed by atoms with E-state index >= 15 is 0 Å². The number of carbonyl (C=O) groups excluding carboxylic acids is 1. The number of rotatable bonds is 3. The lowest BCUT2D eigenvalue weighted by molar-refractivity contribution is -0.369. The molecule has 164 valence electrons. The van der Waals surface area contributed by atoms with Crippen LogP contribution in [0.4, 0.5) is 0 Å². The van der Waals surface area contributed by atoms with Crippen LogP contribution in [-0.4, -0.2) is 32.8 Å². The van der Waals surface area contributed by atoms with Crippen molar-refractivity contribution in [2.45, 2.75) is 29.4 Å². The van der Waals surface area contributed by atoms with Crippen molar-refractivity contribution in [1.82, 2.24) is 0 Å². The molecule has 6 rings (SSSR count). The number of allylic oxidation sites excluding steroid dienone is 1. The fraction of sp³-hybridized carbons (Fsp3) is 0.227. The average molecular weight is 456 g/mol. The molecule has 32 heavy (non-hydrogen) atoms. The van der Waals surface area contributed by atoms with E-state index in [4.69, 9.17) is 27.9 Å². The zero-order valence-electron chi connectivity index (χ0n) is 16.6. The molecular formula is C22H16O9S. The molecule has 2 saturated heterocycles. The second kappa shape index (κ2) is 6.27. The first-order valence-corrected chi connectivity index (χ1v) is 11.1. The van der Waals surface area contributed by atoms with Gasteiger partial charge in [-0.05, 0) is 43.3 Å². The van der Waals surface area contributed by atoms with E-state index in [-0.39, 0.29) is 23.0 Å². The molecule has 3 aliphatic heterocycles. The van der Waals surface area contributed by atoms with Gasteiger partial charge in [0, 0.05) is 6.08 Å². The molecule has 2 aromatic carbocycles. The summed E-state index contributed by atoms with van der Waals surface area (Å²) in [7, 11) is -4.12. The lowest BCUT2D eigenvalue weighted by Crippen LogP contribution is -2.48. The van der Waals surface area contributed by atoms with Gasteiger partial charge in [0.25, 0.3) is 11.6 Å². The highest BCUT2D eigenvalue weighted by Crippen LogP contribution is 2.59. The number of benzene rings is 2. The van der Waals surface area contributed by atoms with Crippen LogP contribution in [0.3, 0.4) is 0 Å². The van der Waals surface area contributed by atoms with Gasteiger partial charge in [0.2, 0.25) is 0 Å². The van der Waals surface area contributed by atoms with Crippen molar-refractivity contribution < 1.29 is 41.1 Å². The number of carbonyl (C=O) groups is 1. The van der Waals surface area contributed by atoms with Gasteiger partial charge >= 0.3 is 22.1 Å². The van der Waals surface area contributed by atoms with Gasteiger partial charge in [0.05, 0.1) is 11.1 Å². The van der Waals surface area contributed by atoms with Gasteiger partial charge in [-0.1, -0.05) is 29.8 Å². The molecule has 0 saturated carbocycles. The van der Waals surface area contributed by atoms with Crippen molar-refractivity contribution >= 4 is 16.1 Å². The van der Waals surface area contributed by atoms with Crippen LogP contribution in [0.1, 0.15) is 21.5 Å². The molecule has 1 aliphatic carbocycles. The molecule has 3 atom stereocenters. The number of fused-ring (bicyclic) bond motifs is 2. The van der Waals surface area contributed by atoms with Gasteiger partial charge in [-0.25, -0.2) is 4.79 Å². The summed E-state index contributed by atoms with van der Waals surface area (Å²) < 4.78 is 59.7. The largest absolute Gasteiger partial charge is 0.400 e. The Hall–Kier alpha value is -3.02. The Morgan fingerprint density at radius 2 is 1.69 bits per heavy atom. The molecule has 0 N–H and O–H groups in total. The average Bonchev–Trinajstić information content (AvgIpc) is 3.33. The van der Waals surface area contributed by atoms with Gasteiger partial charge < -0.3 is 18.4 Å². The van der Waals surface area contributed by atoms with Crippen molar-refractivity contribution in [2.24, 2.45) is 0 Å². The standard InChI is InChI=1S/C22H16O9S/c1-14-6-8-16(9-7-14)32(24,25)29-15-10-11-20-21(12-15,27-13-26-20)31-22(30-20)18-5-3-2-4-17(18)19(23)28-22/h2-12H,13H2,1H3. The Morgan fingerprint density at radius 3 is 2.50 bits per heavy atom. The maximum atomic E-state index is 12.7. The molecule has 0 amide bonds. The van der Waals surface area contributed by atoms with Crippen LogP contribution in [0.15, 0.2) is 77.4 Å². The van der Waals surface area contributed by atoms with E-state index in [1.807, 2.05) is 6.92 Å². The minimum absolute atomic E-state index is 0.00552. The molecule has 0 aromatic heterocycles. The van der Waals surface area contributed by atoms with Crippen molar-refractivity contribution in [3.05, 3.63) is 89.2 Å². The quantitative estimate of drug-likeness (QED) is 0.509. The van der Waals surface area contributed by atoms with E-state index in [2.05, 4.69) is 0 Å². The Morgan fingerprint density at radius 1 is 0.969 bits per heavy atom. The van der Waals surface area contributed by atoms with Gasteiger partial charge in [-0.15, -0.1) is 0 Å². The molecule has 2 fully saturated rings. The van der Waals surface area contributed by atoms with Gasteiger partial charge in [0.1, 0.15) is 10.7 Å². The number of esters is 1. The molecule has 1 spiro atoms. The molecule has 3 unspecified atom stereocenters. The maximum Gasteiger partial charge on any atom is 0.365 e. The highest BCUT2D eigenvalue weighted by Gasteiger charge is 2.75. The minimum atomic E-state index is -4.12. The van der Waals surface area contributed by atoms with E-state index in [0.717, 1.165) is 5.56 Å². The van der Waals surface area contributed by atoms with Crippen LogP contribution in [0, 0.1) is 6.92 Å². The van der Waals surface area contributed by atoms with Crippen molar-refractivity contribution in [2.75, 3.05) is 6.79 Å². The van der Waals surface area contributed by atoms with Crippen molar-refractivity contribution in [3.8, 4) is 0 Å². The van der Waals surface area contributed by atoms with Crippen LogP contribution in [0.2, 0.25) is 0 Å². The fourth-order valence-corrected chi connectivity index (χ4v) is 4.99. The third-order valence-electron chi connectivity index (χ3n) is 5.62. The normalized spacial score (nSPS) is 32.3. The second-order valence-corrected chi connectivity index (χ2v) is 9.21. The highest BCUT2D eigenvalue weighted by atomic mass is 32.2. The SMILES string of the molecule is Cc1ccc(S(=O)(=O)OC2=CC34OCOC3(C=C2)OC2(OC(=O)c3ccccc32)O4)cc1. The van der Waals surface area contributed by atoms with Crippen LogP contribution in [0.25, 0.3) is 0 Å². The molecule has 0 radical (unpaired) electrons. The Bertz CT molecular complexity index is 1310. The summed E-state index contributed by atoms with van der Waals surface area (Å²) in [5.41, 5.74) is 1.54. The summed E-state index contributed by atoms with van der Waals surface area (Å²) in [5, 5.41) is 0. The first kappa shape index (κ1) is 19.6. The van der Waals surface area contributed by atoms with Crippen LogP contribution in [0.5, 0.6) is 0 Å². The molecule has 2 aromatic rings. The lowest BCUT2D eigenvalue weighted by atomic mass is 10.00. The van der Waals surface area contributed by atoms with Crippen LogP contribution >= 0.6 is 0 Å². The second-order valence-electron chi connectivity index (χ2n) is 7.67. The molecule has 3 heterocycles. The minimum Gasteiger partial charge on any atom is -0.400 e. The number of hydrogen-bond donors (Lipinski definition) is 0. The van der Waals surface area contributed by atoms with E-state index in [9.17, 15) is 13.2 Å². The third kappa shape index (κ3) is 2.58. The summed E-state index contributed by atoms with van der Waals surface area (Å²) in [4.78, 5) is 12.4. The number of aryl methyl sites for hydroxylation is 1. The third-order valence-corrected chi connectivity index (χ3v) is 6.88. The predicted molar refractivity (Wildman–Crippen MR) is 105 cm³/mol. The Labute approximate surface area is 182 Å². The topological polar surface area (TPSA) is 107 Å². The summed E-state index contributed by atoms with van der Waals surface area (Å²) in [6, 6.07) is 12.9. The smallest absolute Gasteiger partial charge is 0.365 e. The van der Waals surface area contributed by atoms with Gasteiger partial charge in [-0.2, -0.15) is 8.42 Å². The molecule has 10 heteroatoms. The maximum absolute atomic E-state index is 12.7. The predicted octanol–water partition coefficient (Wildman–Crippen LogP) is 2.58. The first-order chi connectivity index (χ1) is 15.3. The Kier molecular flexibility index (Phi) is 3.85. The van der Waals surface area contributed by atoms with Crippen molar-refractivity contribution in [1.29, 1.82) is 0 Å². The molecule has 0 bridgehead atoms. The zero-order valence-corrected chi connectivity index (χ0v) is 17.5. The zero-order chi connectivity index (χ0) is 22.2. The number of hydrogen-bond acceptors (Lipinski definition) is 9. The van der Waals surface area contributed by atoms with Gasteiger partial charge in [0.15, 0.2) is 6.79 Å². The fourth-order valence-electron chi connectivity index (χ4n) is 4.07. The van der Waals surface area contributed by atoms with E-state index < -0.39 is 33.6 Å². The first-order valence-electron chi connectivity index (χ1n) is 9.71. The van der Waals surface area contributed by atoms with E-state index in [1.54, 1.807) is 36.4 Å². The summed E-state index contributed by atoms with van der Waals surface area (Å²) in [6.45, 7) is 1.64. The monoisotopic (exact) mass is 456 g/mol. The molecule has 4 aliphatic rings. The molecule has 9 nitrogen and oxygen atoms in total.